The second kappa shape index (κ2) is 13.3. The van der Waals surface area contributed by atoms with E-state index >= 15 is 0 Å². The van der Waals surface area contributed by atoms with E-state index in [1.165, 1.54) is 5.56 Å². The Hall–Kier alpha value is -1.92. The standard InChI is InChI=1S/C23H36N2O4/c1-18-15-21(17-20(18)16-19-7-4-3-5-8-19)25-23(27)9-6-11-24-22(26)10-12-29-14-13-28-2/h3-5,7-8,18,20-21H,6,9-17H2,1-2H3,(H,24,26)(H,25,27). The zero-order chi connectivity index (χ0) is 20.9. The van der Waals surface area contributed by atoms with Gasteiger partial charge in [-0.25, -0.2) is 0 Å². The van der Waals surface area contributed by atoms with Crippen molar-refractivity contribution in [3.63, 3.8) is 0 Å². The smallest absolute Gasteiger partial charge is 0.222 e. The molecule has 0 heterocycles. The number of carbonyl (C=O) groups is 2. The van der Waals surface area contributed by atoms with E-state index in [0.29, 0.717) is 57.5 Å². The fourth-order valence-corrected chi connectivity index (χ4v) is 3.93. The minimum atomic E-state index is -0.0452. The highest BCUT2D eigenvalue weighted by Gasteiger charge is 2.31. The van der Waals surface area contributed by atoms with Gasteiger partial charge in [0.25, 0.3) is 0 Å². The molecule has 6 nitrogen and oxygen atoms in total. The molecule has 3 unspecified atom stereocenters. The summed E-state index contributed by atoms with van der Waals surface area (Å²) in [6, 6.07) is 10.8. The Labute approximate surface area is 174 Å². The highest BCUT2D eigenvalue weighted by atomic mass is 16.5. The van der Waals surface area contributed by atoms with Gasteiger partial charge >= 0.3 is 0 Å². The molecule has 2 rings (SSSR count). The first-order valence-corrected chi connectivity index (χ1v) is 10.7. The lowest BCUT2D eigenvalue weighted by molar-refractivity contribution is -0.124. The van der Waals surface area contributed by atoms with Crippen LogP contribution in [-0.4, -0.2) is 51.3 Å². The number of hydrogen-bond donors (Lipinski definition) is 2. The van der Waals surface area contributed by atoms with Crippen LogP contribution in [0.4, 0.5) is 0 Å². The summed E-state index contributed by atoms with van der Waals surface area (Å²) in [6.07, 6.45) is 4.59. The van der Waals surface area contributed by atoms with Crippen molar-refractivity contribution in [3.8, 4) is 0 Å². The molecule has 1 fully saturated rings. The van der Waals surface area contributed by atoms with E-state index in [9.17, 15) is 9.59 Å². The number of carbonyl (C=O) groups excluding carboxylic acids is 2. The largest absolute Gasteiger partial charge is 0.382 e. The van der Waals surface area contributed by atoms with E-state index in [2.05, 4.69) is 41.8 Å². The third-order valence-electron chi connectivity index (χ3n) is 5.56. The van der Waals surface area contributed by atoms with Crippen molar-refractivity contribution < 1.29 is 19.1 Å². The molecular formula is C23H36N2O4. The Morgan fingerprint density at radius 1 is 1.03 bits per heavy atom. The lowest BCUT2D eigenvalue weighted by Gasteiger charge is -2.15. The van der Waals surface area contributed by atoms with Gasteiger partial charge in [-0.15, -0.1) is 0 Å². The van der Waals surface area contributed by atoms with E-state index in [-0.39, 0.29) is 17.9 Å². The van der Waals surface area contributed by atoms with Crippen molar-refractivity contribution >= 4 is 11.8 Å². The van der Waals surface area contributed by atoms with Gasteiger partial charge in [0.1, 0.15) is 0 Å². The van der Waals surface area contributed by atoms with Gasteiger partial charge in [-0.2, -0.15) is 0 Å². The number of methoxy groups -OCH3 is 1. The van der Waals surface area contributed by atoms with Crippen LogP contribution in [-0.2, 0) is 25.5 Å². The maximum atomic E-state index is 12.2. The molecule has 3 atom stereocenters. The number of ether oxygens (including phenoxy) is 2. The van der Waals surface area contributed by atoms with Gasteiger partial charge in [-0.05, 0) is 43.1 Å². The average molecular weight is 405 g/mol. The van der Waals surface area contributed by atoms with Gasteiger partial charge in [0, 0.05) is 32.5 Å². The SMILES string of the molecule is COCCOCCC(=O)NCCCC(=O)NC1CC(C)C(Cc2ccccc2)C1. The van der Waals surface area contributed by atoms with Gasteiger partial charge in [0.05, 0.1) is 19.8 Å². The summed E-state index contributed by atoms with van der Waals surface area (Å²) < 4.78 is 10.1. The molecule has 1 saturated carbocycles. The quantitative estimate of drug-likeness (QED) is 0.496. The maximum Gasteiger partial charge on any atom is 0.222 e. The first kappa shape index (κ1) is 23.4. The molecule has 2 N–H and O–H groups in total. The molecule has 0 aromatic heterocycles. The minimum absolute atomic E-state index is 0.0452. The van der Waals surface area contributed by atoms with Crippen molar-refractivity contribution in [2.75, 3.05) is 33.5 Å². The predicted octanol–water partition coefficient (Wildman–Crippen LogP) is 2.71. The minimum Gasteiger partial charge on any atom is -0.382 e. The maximum absolute atomic E-state index is 12.2. The Bertz CT molecular complexity index is 608. The number of amides is 2. The summed E-state index contributed by atoms with van der Waals surface area (Å²) in [7, 11) is 1.61. The van der Waals surface area contributed by atoms with E-state index in [1.807, 2.05) is 6.07 Å². The molecule has 29 heavy (non-hydrogen) atoms. The summed E-state index contributed by atoms with van der Waals surface area (Å²) in [6.45, 7) is 4.22. The Morgan fingerprint density at radius 2 is 1.83 bits per heavy atom. The highest BCUT2D eigenvalue weighted by Crippen LogP contribution is 2.34. The molecule has 0 saturated heterocycles. The molecule has 162 valence electrons. The van der Waals surface area contributed by atoms with E-state index in [1.54, 1.807) is 7.11 Å². The van der Waals surface area contributed by atoms with E-state index in [0.717, 1.165) is 19.3 Å². The van der Waals surface area contributed by atoms with Gasteiger partial charge in [0.15, 0.2) is 0 Å². The van der Waals surface area contributed by atoms with Gasteiger partial charge in [-0.1, -0.05) is 37.3 Å². The van der Waals surface area contributed by atoms with Crippen molar-refractivity contribution in [3.05, 3.63) is 35.9 Å². The molecule has 0 radical (unpaired) electrons. The molecule has 1 aliphatic carbocycles. The Balaban J connectivity index is 1.54. The van der Waals surface area contributed by atoms with Crippen LogP contribution in [0.1, 0.15) is 44.6 Å². The molecule has 0 bridgehead atoms. The summed E-state index contributed by atoms with van der Waals surface area (Å²) in [5, 5.41) is 6.02. The fraction of sp³-hybridized carbons (Fsp3) is 0.652. The van der Waals surface area contributed by atoms with Gasteiger partial charge < -0.3 is 20.1 Å². The van der Waals surface area contributed by atoms with E-state index < -0.39 is 0 Å². The van der Waals surface area contributed by atoms with Crippen LogP contribution in [0.5, 0.6) is 0 Å². The lowest BCUT2D eigenvalue weighted by Crippen LogP contribution is -2.34. The number of nitrogens with one attached hydrogen (secondary N) is 2. The molecule has 6 heteroatoms. The molecule has 2 amide bonds. The first-order valence-electron chi connectivity index (χ1n) is 10.7. The van der Waals surface area contributed by atoms with Crippen molar-refractivity contribution in [1.29, 1.82) is 0 Å². The van der Waals surface area contributed by atoms with Crippen LogP contribution in [0.25, 0.3) is 0 Å². The molecule has 0 spiro atoms. The lowest BCUT2D eigenvalue weighted by atomic mass is 9.91. The summed E-state index contributed by atoms with van der Waals surface area (Å²) in [4.78, 5) is 23.9. The van der Waals surface area contributed by atoms with Crippen LogP contribution in [0.3, 0.4) is 0 Å². The van der Waals surface area contributed by atoms with Crippen LogP contribution >= 0.6 is 0 Å². The second-order valence-corrected chi connectivity index (χ2v) is 7.97. The zero-order valence-corrected chi connectivity index (χ0v) is 17.8. The van der Waals surface area contributed by atoms with Crippen LogP contribution < -0.4 is 10.6 Å². The fourth-order valence-electron chi connectivity index (χ4n) is 3.93. The topological polar surface area (TPSA) is 76.7 Å². The second-order valence-electron chi connectivity index (χ2n) is 7.97. The molecule has 1 aliphatic rings. The Kier molecular flexibility index (Phi) is 10.7. The van der Waals surface area contributed by atoms with Crippen molar-refractivity contribution in [1.82, 2.24) is 10.6 Å². The number of benzene rings is 1. The molecule has 1 aromatic carbocycles. The Morgan fingerprint density at radius 3 is 2.59 bits per heavy atom. The normalized spacial score (nSPS) is 21.1. The third kappa shape index (κ3) is 9.41. The number of rotatable bonds is 13. The summed E-state index contributed by atoms with van der Waals surface area (Å²) in [5.74, 6) is 1.27. The van der Waals surface area contributed by atoms with Gasteiger partial charge in [-0.3, -0.25) is 9.59 Å². The van der Waals surface area contributed by atoms with Crippen LogP contribution in [0.2, 0.25) is 0 Å². The molecule has 0 aliphatic heterocycles. The third-order valence-corrected chi connectivity index (χ3v) is 5.56. The van der Waals surface area contributed by atoms with Crippen molar-refractivity contribution in [2.24, 2.45) is 11.8 Å². The highest BCUT2D eigenvalue weighted by molar-refractivity contribution is 5.77. The molecular weight excluding hydrogens is 368 g/mol. The number of hydrogen-bond acceptors (Lipinski definition) is 4. The monoisotopic (exact) mass is 404 g/mol. The predicted molar refractivity (Wildman–Crippen MR) is 114 cm³/mol. The van der Waals surface area contributed by atoms with Crippen LogP contribution in [0.15, 0.2) is 30.3 Å². The zero-order valence-electron chi connectivity index (χ0n) is 17.8. The average Bonchev–Trinajstić information content (AvgIpc) is 3.04. The van der Waals surface area contributed by atoms with Crippen molar-refractivity contribution in [2.45, 2.75) is 51.5 Å². The summed E-state index contributed by atoms with van der Waals surface area (Å²) >= 11 is 0. The molecule has 1 aromatic rings. The van der Waals surface area contributed by atoms with Crippen LogP contribution in [0, 0.1) is 11.8 Å². The summed E-state index contributed by atoms with van der Waals surface area (Å²) in [5.41, 5.74) is 1.37. The van der Waals surface area contributed by atoms with E-state index in [4.69, 9.17) is 9.47 Å². The first-order chi connectivity index (χ1) is 14.1. The van der Waals surface area contributed by atoms with Gasteiger partial charge in [0.2, 0.25) is 11.8 Å².